The molecule has 0 atom stereocenters. The van der Waals surface area contributed by atoms with Crippen molar-refractivity contribution in [2.24, 2.45) is 11.7 Å². The van der Waals surface area contributed by atoms with Gasteiger partial charge in [-0.05, 0) is 12.8 Å². The summed E-state index contributed by atoms with van der Waals surface area (Å²) >= 11 is 0. The molecule has 6 N–H and O–H groups in total. The van der Waals surface area contributed by atoms with E-state index >= 15 is 0 Å². The lowest BCUT2D eigenvalue weighted by molar-refractivity contribution is -0.122. The molecule has 0 aliphatic heterocycles. The Kier molecular flexibility index (Phi) is 21.3. The van der Waals surface area contributed by atoms with Crippen LogP contribution in [0.4, 0.5) is 0 Å². The Bertz CT molecular complexity index is 330. The molecule has 0 saturated carbocycles. The van der Waals surface area contributed by atoms with Crippen LogP contribution >= 0.6 is 0 Å². The van der Waals surface area contributed by atoms with Gasteiger partial charge in [-0.25, -0.2) is 11.7 Å². The van der Waals surface area contributed by atoms with Gasteiger partial charge in [-0.1, -0.05) is 103 Å². The summed E-state index contributed by atoms with van der Waals surface area (Å²) in [4.78, 5) is 21.9. The van der Waals surface area contributed by atoms with Crippen LogP contribution in [0.2, 0.25) is 0 Å². The summed E-state index contributed by atoms with van der Waals surface area (Å²) in [5.41, 5.74) is 4.35. The van der Waals surface area contributed by atoms with E-state index in [9.17, 15) is 9.59 Å². The number of rotatable bonds is 21. The minimum atomic E-state index is -0.0502. The zero-order valence-corrected chi connectivity index (χ0v) is 18.1. The Hall–Kier alpha value is -1.14. The Morgan fingerprint density at radius 1 is 0.393 bits per heavy atom. The minimum Gasteiger partial charge on any atom is -0.294 e. The van der Waals surface area contributed by atoms with Crippen molar-refractivity contribution in [3.63, 3.8) is 0 Å². The molecule has 0 heterocycles. The van der Waals surface area contributed by atoms with Crippen molar-refractivity contribution >= 4 is 11.8 Å². The maximum atomic E-state index is 11.0. The summed E-state index contributed by atoms with van der Waals surface area (Å²) in [5, 5.41) is 0. The average molecular weight is 399 g/mol. The summed E-state index contributed by atoms with van der Waals surface area (Å²) in [6.07, 6.45) is 24.0. The summed E-state index contributed by atoms with van der Waals surface area (Å²) < 4.78 is 0. The standard InChI is InChI=1S/C22H46N4O2/c23-25-21(27)19-17-15-13-11-9-7-5-3-1-2-4-6-8-10-12-14-16-18-20-22(28)26-24/h1-20,23-24H2,(H,25,27)(H,26,28). The highest BCUT2D eigenvalue weighted by Gasteiger charge is 1.99. The Labute approximate surface area is 172 Å². The highest BCUT2D eigenvalue weighted by atomic mass is 16.2. The molecule has 0 aromatic carbocycles. The summed E-state index contributed by atoms with van der Waals surface area (Å²) in [7, 11) is 0. The number of carbonyl (C=O) groups excluding carboxylic acids is 2. The third-order valence-corrected chi connectivity index (χ3v) is 5.38. The molecule has 0 fully saturated rings. The van der Waals surface area contributed by atoms with Gasteiger partial charge in [0.25, 0.3) is 0 Å². The first-order valence-corrected chi connectivity index (χ1v) is 11.7. The second kappa shape index (κ2) is 22.2. The molecule has 6 nitrogen and oxygen atoms in total. The third kappa shape index (κ3) is 21.2. The number of nitrogens with two attached hydrogens (primary N) is 2. The van der Waals surface area contributed by atoms with Gasteiger partial charge in [0.1, 0.15) is 0 Å². The zero-order chi connectivity index (χ0) is 20.7. The van der Waals surface area contributed by atoms with Crippen LogP contribution in [0.5, 0.6) is 0 Å². The van der Waals surface area contributed by atoms with E-state index in [4.69, 9.17) is 11.7 Å². The number of hydrogen-bond acceptors (Lipinski definition) is 4. The molecule has 0 aliphatic carbocycles. The van der Waals surface area contributed by atoms with E-state index in [1.54, 1.807) is 0 Å². The molecule has 0 unspecified atom stereocenters. The van der Waals surface area contributed by atoms with Crippen LogP contribution in [-0.2, 0) is 9.59 Å². The van der Waals surface area contributed by atoms with Crippen molar-refractivity contribution < 1.29 is 9.59 Å². The molecule has 0 saturated heterocycles. The first kappa shape index (κ1) is 26.9. The van der Waals surface area contributed by atoms with Crippen molar-refractivity contribution in [1.82, 2.24) is 10.9 Å². The predicted molar refractivity (Wildman–Crippen MR) is 117 cm³/mol. The lowest BCUT2D eigenvalue weighted by Gasteiger charge is -2.04. The second-order valence-electron chi connectivity index (χ2n) is 8.00. The highest BCUT2D eigenvalue weighted by molar-refractivity contribution is 5.75. The van der Waals surface area contributed by atoms with E-state index < -0.39 is 0 Å². The maximum absolute atomic E-state index is 11.0. The Balaban J connectivity index is 3.05. The van der Waals surface area contributed by atoms with Gasteiger partial charge in [0.05, 0.1) is 0 Å². The minimum absolute atomic E-state index is 0.0502. The quantitative estimate of drug-likeness (QED) is 0.0966. The van der Waals surface area contributed by atoms with E-state index in [1.165, 1.54) is 89.9 Å². The molecule has 0 bridgehead atoms. The summed E-state index contributed by atoms with van der Waals surface area (Å²) in [5.74, 6) is 10.0. The lowest BCUT2D eigenvalue weighted by Crippen LogP contribution is -2.29. The van der Waals surface area contributed by atoms with Crippen LogP contribution in [0, 0.1) is 0 Å². The number of hydrogen-bond donors (Lipinski definition) is 4. The molecule has 6 heteroatoms. The Morgan fingerprint density at radius 3 is 0.750 bits per heavy atom. The molecule has 0 aromatic heterocycles. The van der Waals surface area contributed by atoms with Crippen LogP contribution in [0.3, 0.4) is 0 Å². The van der Waals surface area contributed by atoms with Gasteiger partial charge in [-0.3, -0.25) is 20.4 Å². The molecule has 0 aromatic rings. The number of unbranched alkanes of at least 4 members (excludes halogenated alkanes) is 17. The van der Waals surface area contributed by atoms with Gasteiger partial charge in [-0.2, -0.15) is 0 Å². The van der Waals surface area contributed by atoms with E-state index in [-0.39, 0.29) is 11.8 Å². The van der Waals surface area contributed by atoms with Crippen LogP contribution in [-0.4, -0.2) is 11.8 Å². The van der Waals surface area contributed by atoms with Crippen molar-refractivity contribution in [1.29, 1.82) is 0 Å². The van der Waals surface area contributed by atoms with E-state index in [1.807, 2.05) is 0 Å². The van der Waals surface area contributed by atoms with E-state index in [2.05, 4.69) is 10.9 Å². The predicted octanol–water partition coefficient (Wildman–Crippen LogP) is 4.77. The van der Waals surface area contributed by atoms with Crippen molar-refractivity contribution in [2.45, 2.75) is 128 Å². The fourth-order valence-corrected chi connectivity index (χ4v) is 3.54. The van der Waals surface area contributed by atoms with Crippen molar-refractivity contribution in [3.05, 3.63) is 0 Å². The van der Waals surface area contributed by atoms with Gasteiger partial charge in [0.2, 0.25) is 11.8 Å². The van der Waals surface area contributed by atoms with Crippen LogP contribution in [0.25, 0.3) is 0 Å². The van der Waals surface area contributed by atoms with Gasteiger partial charge < -0.3 is 0 Å². The molecular formula is C22H46N4O2. The van der Waals surface area contributed by atoms with Crippen molar-refractivity contribution in [2.75, 3.05) is 0 Å². The maximum Gasteiger partial charge on any atom is 0.233 e. The molecule has 0 radical (unpaired) electrons. The number of nitrogens with one attached hydrogen (secondary N) is 2. The smallest absolute Gasteiger partial charge is 0.233 e. The number of carbonyl (C=O) groups is 2. The van der Waals surface area contributed by atoms with Gasteiger partial charge in [0, 0.05) is 12.8 Å². The molecule has 0 aliphatic rings. The molecule has 0 rings (SSSR count). The lowest BCUT2D eigenvalue weighted by atomic mass is 10.0. The normalized spacial score (nSPS) is 10.8. The van der Waals surface area contributed by atoms with Gasteiger partial charge >= 0.3 is 0 Å². The first-order chi connectivity index (χ1) is 13.7. The molecule has 0 spiro atoms. The monoisotopic (exact) mass is 398 g/mol. The summed E-state index contributed by atoms with van der Waals surface area (Å²) in [6.45, 7) is 0. The summed E-state index contributed by atoms with van der Waals surface area (Å²) in [6, 6.07) is 0. The topological polar surface area (TPSA) is 110 Å². The second-order valence-corrected chi connectivity index (χ2v) is 8.00. The fourth-order valence-electron chi connectivity index (χ4n) is 3.54. The fraction of sp³-hybridized carbons (Fsp3) is 0.909. The van der Waals surface area contributed by atoms with Gasteiger partial charge in [-0.15, -0.1) is 0 Å². The average Bonchev–Trinajstić information content (AvgIpc) is 2.71. The molecular weight excluding hydrogens is 352 g/mol. The van der Waals surface area contributed by atoms with Crippen LogP contribution in [0.1, 0.15) is 128 Å². The largest absolute Gasteiger partial charge is 0.294 e. The third-order valence-electron chi connectivity index (χ3n) is 5.38. The highest BCUT2D eigenvalue weighted by Crippen LogP contribution is 2.14. The first-order valence-electron chi connectivity index (χ1n) is 11.7. The number of amides is 2. The van der Waals surface area contributed by atoms with Crippen LogP contribution in [0.15, 0.2) is 0 Å². The zero-order valence-electron chi connectivity index (χ0n) is 18.1. The van der Waals surface area contributed by atoms with E-state index in [0.29, 0.717) is 12.8 Å². The molecule has 166 valence electrons. The number of hydrazine groups is 2. The van der Waals surface area contributed by atoms with Gasteiger partial charge in [0.15, 0.2) is 0 Å². The van der Waals surface area contributed by atoms with Crippen molar-refractivity contribution in [3.8, 4) is 0 Å². The van der Waals surface area contributed by atoms with Crippen LogP contribution < -0.4 is 22.5 Å². The Morgan fingerprint density at radius 2 is 0.571 bits per heavy atom. The molecule has 28 heavy (non-hydrogen) atoms. The SMILES string of the molecule is NNC(=O)CCCCCCCCCCCCCCCCCCCCC(=O)NN. The van der Waals surface area contributed by atoms with E-state index in [0.717, 1.165) is 25.7 Å². The molecule has 2 amide bonds.